The number of rotatable bonds is 5. The van der Waals surface area contributed by atoms with Crippen molar-refractivity contribution >= 4 is 27.3 Å². The Labute approximate surface area is 141 Å². The molecule has 0 aliphatic carbocycles. The third kappa shape index (κ3) is 4.32. The van der Waals surface area contributed by atoms with Crippen LogP contribution >= 0.6 is 0 Å². The lowest BCUT2D eigenvalue weighted by Crippen LogP contribution is -2.37. The van der Waals surface area contributed by atoms with Crippen molar-refractivity contribution in [2.45, 2.75) is 13.8 Å². The fourth-order valence-corrected chi connectivity index (χ4v) is 3.14. The van der Waals surface area contributed by atoms with Crippen LogP contribution in [0, 0.1) is 19.7 Å². The molecule has 0 heterocycles. The predicted octanol–water partition coefficient (Wildman–Crippen LogP) is 2.85. The van der Waals surface area contributed by atoms with Crippen molar-refractivity contribution in [3.8, 4) is 0 Å². The number of sulfonamides is 1. The van der Waals surface area contributed by atoms with Crippen LogP contribution in [-0.2, 0) is 14.8 Å². The lowest BCUT2D eigenvalue weighted by atomic mass is 10.2. The minimum absolute atomic E-state index is 0.279. The van der Waals surface area contributed by atoms with Crippen molar-refractivity contribution in [3.63, 3.8) is 0 Å². The zero-order valence-corrected chi connectivity index (χ0v) is 14.5. The zero-order valence-electron chi connectivity index (χ0n) is 13.7. The van der Waals surface area contributed by atoms with Crippen LogP contribution in [0.5, 0.6) is 0 Å². The standard InChI is InChI=1S/C17H19FN2O3S/c1-12-8-9-14(10-15(12)18)19-17(21)11-20(24(3,22)23)16-7-5-4-6-13(16)2/h4-10H,11H2,1-3H3,(H,19,21). The van der Waals surface area contributed by atoms with E-state index in [-0.39, 0.29) is 12.2 Å². The van der Waals surface area contributed by atoms with E-state index >= 15 is 0 Å². The van der Waals surface area contributed by atoms with E-state index < -0.39 is 21.7 Å². The first-order chi connectivity index (χ1) is 11.2. The molecule has 0 saturated heterocycles. The Morgan fingerprint density at radius 3 is 2.38 bits per heavy atom. The fraction of sp³-hybridized carbons (Fsp3) is 0.235. The summed E-state index contributed by atoms with van der Waals surface area (Å²) in [7, 11) is -3.64. The molecule has 2 aromatic rings. The van der Waals surface area contributed by atoms with E-state index in [9.17, 15) is 17.6 Å². The van der Waals surface area contributed by atoms with Crippen LogP contribution in [0.3, 0.4) is 0 Å². The Hall–Kier alpha value is -2.41. The van der Waals surface area contributed by atoms with E-state index in [1.54, 1.807) is 50.2 Å². The van der Waals surface area contributed by atoms with Gasteiger partial charge in [-0.2, -0.15) is 0 Å². The molecule has 0 atom stereocenters. The number of amides is 1. The first kappa shape index (κ1) is 17.9. The van der Waals surface area contributed by atoms with Gasteiger partial charge in [0, 0.05) is 5.69 Å². The number of hydrogen-bond donors (Lipinski definition) is 1. The van der Waals surface area contributed by atoms with Crippen molar-refractivity contribution in [2.24, 2.45) is 0 Å². The molecule has 2 rings (SSSR count). The topological polar surface area (TPSA) is 66.5 Å². The third-order valence-electron chi connectivity index (χ3n) is 3.53. The van der Waals surface area contributed by atoms with Crippen LogP contribution in [0.1, 0.15) is 11.1 Å². The highest BCUT2D eigenvalue weighted by atomic mass is 32.2. The molecule has 0 unspecified atom stereocenters. The maximum atomic E-state index is 13.5. The fourth-order valence-electron chi connectivity index (χ4n) is 2.23. The highest BCUT2D eigenvalue weighted by molar-refractivity contribution is 7.92. The summed E-state index contributed by atoms with van der Waals surface area (Å²) < 4.78 is 38.7. The predicted molar refractivity (Wildman–Crippen MR) is 93.1 cm³/mol. The molecule has 0 fully saturated rings. The van der Waals surface area contributed by atoms with Gasteiger partial charge in [0.25, 0.3) is 0 Å². The van der Waals surface area contributed by atoms with E-state index in [4.69, 9.17) is 0 Å². The Kier molecular flexibility index (Phi) is 5.23. The second-order valence-electron chi connectivity index (χ2n) is 5.57. The van der Waals surface area contributed by atoms with E-state index in [1.165, 1.54) is 6.07 Å². The molecule has 7 heteroatoms. The Morgan fingerprint density at radius 1 is 1.12 bits per heavy atom. The van der Waals surface area contributed by atoms with Gasteiger partial charge in [-0.25, -0.2) is 12.8 Å². The molecular formula is C17H19FN2O3S. The zero-order chi connectivity index (χ0) is 17.9. The molecule has 0 aliphatic heterocycles. The van der Waals surface area contributed by atoms with E-state index in [0.717, 1.165) is 16.1 Å². The van der Waals surface area contributed by atoms with Crippen molar-refractivity contribution in [1.82, 2.24) is 0 Å². The van der Waals surface area contributed by atoms with Gasteiger partial charge in [-0.05, 0) is 43.2 Å². The van der Waals surface area contributed by atoms with Crippen LogP contribution in [0.4, 0.5) is 15.8 Å². The minimum atomic E-state index is -3.64. The molecule has 0 spiro atoms. The number of halogens is 1. The number of nitrogens with zero attached hydrogens (tertiary/aromatic N) is 1. The van der Waals surface area contributed by atoms with Gasteiger partial charge in [-0.1, -0.05) is 24.3 Å². The van der Waals surface area contributed by atoms with Crippen molar-refractivity contribution in [2.75, 3.05) is 22.4 Å². The van der Waals surface area contributed by atoms with Crippen LogP contribution < -0.4 is 9.62 Å². The van der Waals surface area contributed by atoms with Gasteiger partial charge in [-0.15, -0.1) is 0 Å². The normalized spacial score (nSPS) is 11.2. The highest BCUT2D eigenvalue weighted by Gasteiger charge is 2.22. The first-order valence-corrected chi connectivity index (χ1v) is 9.12. The van der Waals surface area contributed by atoms with E-state index in [2.05, 4.69) is 5.32 Å². The van der Waals surface area contributed by atoms with Crippen LogP contribution in [0.2, 0.25) is 0 Å². The quantitative estimate of drug-likeness (QED) is 0.902. The number of hydrogen-bond acceptors (Lipinski definition) is 3. The summed E-state index contributed by atoms with van der Waals surface area (Å²) in [6.45, 7) is 2.99. The van der Waals surface area contributed by atoms with Crippen LogP contribution in [0.25, 0.3) is 0 Å². The number of nitrogens with one attached hydrogen (secondary N) is 1. The summed E-state index contributed by atoms with van der Waals surface area (Å²) in [4.78, 5) is 12.2. The SMILES string of the molecule is Cc1ccc(NC(=O)CN(c2ccccc2C)S(C)(=O)=O)cc1F. The third-order valence-corrected chi connectivity index (χ3v) is 4.65. The van der Waals surface area contributed by atoms with E-state index in [1.807, 2.05) is 0 Å². The summed E-state index contributed by atoms with van der Waals surface area (Å²) in [5.74, 6) is -0.987. The van der Waals surface area contributed by atoms with Gasteiger partial charge >= 0.3 is 0 Å². The van der Waals surface area contributed by atoms with Crippen molar-refractivity contribution in [1.29, 1.82) is 0 Å². The Balaban J connectivity index is 2.22. The van der Waals surface area contributed by atoms with Crippen molar-refractivity contribution in [3.05, 3.63) is 59.4 Å². The minimum Gasteiger partial charge on any atom is -0.324 e. The molecule has 1 N–H and O–H groups in total. The maximum Gasteiger partial charge on any atom is 0.245 e. The molecule has 0 aromatic heterocycles. The second kappa shape index (κ2) is 7.00. The molecule has 0 aliphatic rings. The average molecular weight is 350 g/mol. The van der Waals surface area contributed by atoms with Gasteiger partial charge in [-0.3, -0.25) is 9.10 Å². The van der Waals surface area contributed by atoms with Crippen LogP contribution in [0.15, 0.2) is 42.5 Å². The molecule has 5 nitrogen and oxygen atoms in total. The number of carbonyl (C=O) groups excluding carboxylic acids is 1. The lowest BCUT2D eigenvalue weighted by molar-refractivity contribution is -0.114. The van der Waals surface area contributed by atoms with E-state index in [0.29, 0.717) is 11.3 Å². The Bertz CT molecular complexity index is 866. The van der Waals surface area contributed by atoms with Gasteiger partial charge in [0.1, 0.15) is 12.4 Å². The summed E-state index contributed by atoms with van der Waals surface area (Å²) in [5, 5.41) is 2.52. The molecule has 1 amide bonds. The maximum absolute atomic E-state index is 13.5. The van der Waals surface area contributed by atoms with Gasteiger partial charge < -0.3 is 5.32 Å². The number of para-hydroxylation sites is 1. The molecule has 0 saturated carbocycles. The average Bonchev–Trinajstić information content (AvgIpc) is 2.48. The number of anilines is 2. The smallest absolute Gasteiger partial charge is 0.245 e. The molecule has 128 valence electrons. The molecule has 2 aromatic carbocycles. The summed E-state index contributed by atoms with van der Waals surface area (Å²) in [6.07, 6.45) is 1.04. The summed E-state index contributed by atoms with van der Waals surface area (Å²) >= 11 is 0. The Morgan fingerprint density at radius 2 is 1.79 bits per heavy atom. The number of benzene rings is 2. The summed E-state index contributed by atoms with van der Waals surface area (Å²) in [6, 6.07) is 11.2. The van der Waals surface area contributed by atoms with Crippen molar-refractivity contribution < 1.29 is 17.6 Å². The number of carbonyl (C=O) groups is 1. The molecular weight excluding hydrogens is 331 g/mol. The van der Waals surface area contributed by atoms with Gasteiger partial charge in [0.2, 0.25) is 15.9 Å². The highest BCUT2D eigenvalue weighted by Crippen LogP contribution is 2.22. The first-order valence-electron chi connectivity index (χ1n) is 7.28. The number of aryl methyl sites for hydroxylation is 2. The van der Waals surface area contributed by atoms with Gasteiger partial charge in [0.05, 0.1) is 11.9 Å². The second-order valence-corrected chi connectivity index (χ2v) is 7.48. The largest absolute Gasteiger partial charge is 0.324 e. The monoisotopic (exact) mass is 350 g/mol. The summed E-state index contributed by atoms with van der Waals surface area (Å²) in [5.41, 5.74) is 1.91. The molecule has 24 heavy (non-hydrogen) atoms. The molecule has 0 bridgehead atoms. The van der Waals surface area contributed by atoms with Crippen LogP contribution in [-0.4, -0.2) is 27.1 Å². The molecule has 0 radical (unpaired) electrons. The van der Waals surface area contributed by atoms with Gasteiger partial charge in [0.15, 0.2) is 0 Å². The lowest BCUT2D eigenvalue weighted by Gasteiger charge is -2.23.